The molecule has 1 aromatic heterocycles. The number of ether oxygens (including phenoxy) is 2. The number of hydrogen-bond donors (Lipinski definition) is 4. The van der Waals surface area contributed by atoms with E-state index in [0.717, 1.165) is 0 Å². The Kier molecular flexibility index (Phi) is 5.59. The van der Waals surface area contributed by atoms with E-state index in [9.17, 15) is 33.6 Å². The monoisotopic (exact) mass is 405 g/mol. The Bertz CT molecular complexity index is 813. The van der Waals surface area contributed by atoms with E-state index in [-0.39, 0.29) is 11.4 Å². The molecule has 12 heteroatoms. The summed E-state index contributed by atoms with van der Waals surface area (Å²) in [5.74, 6) is -0.140. The second-order valence-electron chi connectivity index (χ2n) is 6.23. The minimum absolute atomic E-state index is 0.166. The topological polar surface area (TPSA) is 130 Å². The Balaban J connectivity index is 2.05. The van der Waals surface area contributed by atoms with Crippen molar-refractivity contribution in [3.05, 3.63) is 30.1 Å². The average molecular weight is 405 g/mol. The quantitative estimate of drug-likeness (QED) is 0.559. The van der Waals surface area contributed by atoms with Crippen molar-refractivity contribution in [2.75, 3.05) is 7.11 Å². The van der Waals surface area contributed by atoms with Crippen LogP contribution in [0.2, 0.25) is 0 Å². The Morgan fingerprint density at radius 1 is 1.04 bits per heavy atom. The summed E-state index contributed by atoms with van der Waals surface area (Å²) in [7, 11) is 1.44. The number of methoxy groups -OCH3 is 1. The Labute approximate surface area is 156 Å². The summed E-state index contributed by atoms with van der Waals surface area (Å²) in [5.41, 5.74) is 0.287. The average Bonchev–Trinajstić information content (AvgIpc) is 3.04. The van der Waals surface area contributed by atoms with E-state index < -0.39 is 49.3 Å². The summed E-state index contributed by atoms with van der Waals surface area (Å²) in [5, 5.41) is 46.6. The maximum Gasteiger partial charge on any atom is 0.406 e. The highest BCUT2D eigenvalue weighted by Gasteiger charge is 2.46. The number of aliphatic hydroxyl groups is 4. The molecule has 9 nitrogen and oxygen atoms in total. The summed E-state index contributed by atoms with van der Waals surface area (Å²) < 4.78 is 50.1. The van der Waals surface area contributed by atoms with E-state index in [1.807, 2.05) is 0 Å². The van der Waals surface area contributed by atoms with Gasteiger partial charge in [-0.25, -0.2) is 0 Å². The highest BCUT2D eigenvalue weighted by Crippen LogP contribution is 2.34. The number of hydrogen-bond acceptors (Lipinski definition) is 8. The third kappa shape index (κ3) is 3.95. The molecule has 1 aliphatic heterocycles. The van der Waals surface area contributed by atoms with Crippen LogP contribution >= 0.6 is 0 Å². The van der Waals surface area contributed by atoms with Gasteiger partial charge in [-0.2, -0.15) is 13.2 Å². The van der Waals surface area contributed by atoms with Gasteiger partial charge in [0, 0.05) is 5.56 Å². The van der Waals surface area contributed by atoms with Crippen LogP contribution < -0.4 is 4.74 Å². The molecule has 1 fully saturated rings. The summed E-state index contributed by atoms with van der Waals surface area (Å²) in [6, 6.07) is 6.01. The van der Waals surface area contributed by atoms with Crippen LogP contribution in [0.3, 0.4) is 0 Å². The Morgan fingerprint density at radius 3 is 2.25 bits per heavy atom. The zero-order valence-corrected chi connectivity index (χ0v) is 14.5. The van der Waals surface area contributed by atoms with Gasteiger partial charge in [0.2, 0.25) is 0 Å². The predicted octanol–water partition coefficient (Wildman–Crippen LogP) is -0.0116. The molecule has 1 unspecified atom stereocenters. The molecule has 0 saturated carbocycles. The third-order valence-electron chi connectivity index (χ3n) is 4.31. The molecular formula is C16H18F3N3O6. The number of aromatic nitrogens is 3. The molecule has 1 saturated heterocycles. The van der Waals surface area contributed by atoms with Gasteiger partial charge in [-0.3, -0.25) is 4.57 Å². The summed E-state index contributed by atoms with van der Waals surface area (Å²) in [6.45, 7) is -1.50. The first-order valence-electron chi connectivity index (χ1n) is 8.14. The number of alkyl halides is 3. The van der Waals surface area contributed by atoms with E-state index in [1.165, 1.54) is 31.4 Å². The molecule has 1 aromatic carbocycles. The second kappa shape index (κ2) is 7.64. The Hall–Kier alpha value is -2.25. The maximum absolute atomic E-state index is 13.2. The van der Waals surface area contributed by atoms with Crippen LogP contribution in [0.4, 0.5) is 13.2 Å². The molecule has 3 rings (SSSR count). The van der Waals surface area contributed by atoms with Gasteiger partial charge in [-0.15, -0.1) is 10.2 Å². The van der Waals surface area contributed by atoms with E-state index >= 15 is 0 Å². The molecular weight excluding hydrogens is 387 g/mol. The highest BCUT2D eigenvalue weighted by atomic mass is 19.4. The van der Waals surface area contributed by atoms with Crippen molar-refractivity contribution in [1.29, 1.82) is 0 Å². The zero-order valence-electron chi connectivity index (χ0n) is 14.5. The minimum atomic E-state index is -4.66. The van der Waals surface area contributed by atoms with Crippen LogP contribution in [0.1, 0.15) is 11.9 Å². The molecule has 2 aromatic rings. The largest absolute Gasteiger partial charge is 0.497 e. The molecule has 0 bridgehead atoms. The molecule has 0 aliphatic carbocycles. The Morgan fingerprint density at radius 2 is 1.68 bits per heavy atom. The first-order valence-corrected chi connectivity index (χ1v) is 8.14. The van der Waals surface area contributed by atoms with E-state index in [4.69, 9.17) is 9.47 Å². The molecule has 0 radical (unpaired) electrons. The predicted molar refractivity (Wildman–Crippen MR) is 85.9 cm³/mol. The van der Waals surface area contributed by atoms with Crippen LogP contribution in [0, 0.1) is 0 Å². The number of benzene rings is 1. The molecule has 1 aliphatic rings. The molecule has 154 valence electrons. The molecule has 0 spiro atoms. The first kappa shape index (κ1) is 20.5. The van der Waals surface area contributed by atoms with Crippen LogP contribution in [0.25, 0.3) is 11.4 Å². The number of halogens is 3. The van der Waals surface area contributed by atoms with Gasteiger partial charge in [0.15, 0.2) is 17.9 Å². The standard InChI is InChI=1S/C16H18F3N3O6/c1-27-8-4-2-7(3-5-8)13-20-21-14(22(13)6-16(17,18)19)12-10(24)9(23)11(25)15(26)28-12/h2-5,9-12,15,23-26H,6H2,1H3/t9-,10-,11+,12?,15+/m0/s1. The molecule has 0 amide bonds. The van der Waals surface area contributed by atoms with Gasteiger partial charge in [0.05, 0.1) is 7.11 Å². The smallest absolute Gasteiger partial charge is 0.406 e. The fraction of sp³-hybridized carbons (Fsp3) is 0.500. The molecule has 4 N–H and O–H groups in total. The van der Waals surface area contributed by atoms with Crippen molar-refractivity contribution in [3.63, 3.8) is 0 Å². The molecule has 5 atom stereocenters. The van der Waals surface area contributed by atoms with Gasteiger partial charge >= 0.3 is 6.18 Å². The van der Waals surface area contributed by atoms with Crippen LogP contribution in [-0.2, 0) is 11.3 Å². The van der Waals surface area contributed by atoms with E-state index in [1.54, 1.807) is 0 Å². The van der Waals surface area contributed by atoms with E-state index in [0.29, 0.717) is 10.3 Å². The fourth-order valence-corrected chi connectivity index (χ4v) is 2.89. The lowest BCUT2D eigenvalue weighted by Gasteiger charge is -2.37. The van der Waals surface area contributed by atoms with Gasteiger partial charge in [0.25, 0.3) is 0 Å². The highest BCUT2D eigenvalue weighted by molar-refractivity contribution is 5.57. The van der Waals surface area contributed by atoms with Crippen molar-refractivity contribution in [2.45, 2.75) is 43.4 Å². The summed E-state index contributed by atoms with van der Waals surface area (Å²) in [4.78, 5) is 0. The third-order valence-corrected chi connectivity index (χ3v) is 4.31. The first-order chi connectivity index (χ1) is 13.1. The number of rotatable bonds is 4. The van der Waals surface area contributed by atoms with Gasteiger partial charge < -0.3 is 29.9 Å². The summed E-state index contributed by atoms with van der Waals surface area (Å²) in [6.07, 6.45) is -13.7. The van der Waals surface area contributed by atoms with Crippen molar-refractivity contribution >= 4 is 0 Å². The maximum atomic E-state index is 13.2. The lowest BCUT2D eigenvalue weighted by molar-refractivity contribution is -0.286. The lowest BCUT2D eigenvalue weighted by Crippen LogP contribution is -2.54. The zero-order chi connectivity index (χ0) is 20.6. The SMILES string of the molecule is COc1ccc(-c2nnc(C3O[C@@H](O)[C@H](O)[C@@H](O)[C@@H]3O)n2CC(F)(F)F)cc1. The second-order valence-corrected chi connectivity index (χ2v) is 6.23. The van der Waals surface area contributed by atoms with Crippen LogP contribution in [0.5, 0.6) is 5.75 Å². The van der Waals surface area contributed by atoms with E-state index in [2.05, 4.69) is 10.2 Å². The van der Waals surface area contributed by atoms with Crippen LogP contribution in [-0.4, -0.2) is 73.1 Å². The lowest BCUT2D eigenvalue weighted by atomic mass is 9.98. The van der Waals surface area contributed by atoms with Gasteiger partial charge in [-0.05, 0) is 24.3 Å². The normalized spacial score (nSPS) is 28.4. The molecule has 28 heavy (non-hydrogen) atoms. The van der Waals surface area contributed by atoms with Gasteiger partial charge in [-0.1, -0.05) is 0 Å². The van der Waals surface area contributed by atoms with Crippen molar-refractivity contribution in [2.24, 2.45) is 0 Å². The summed E-state index contributed by atoms with van der Waals surface area (Å²) >= 11 is 0. The van der Waals surface area contributed by atoms with Crippen molar-refractivity contribution in [3.8, 4) is 17.1 Å². The molecule has 2 heterocycles. The number of nitrogens with zero attached hydrogens (tertiary/aromatic N) is 3. The number of aliphatic hydroxyl groups excluding tert-OH is 4. The fourth-order valence-electron chi connectivity index (χ4n) is 2.89. The van der Waals surface area contributed by atoms with Crippen molar-refractivity contribution in [1.82, 2.24) is 14.8 Å². The van der Waals surface area contributed by atoms with Crippen molar-refractivity contribution < 1.29 is 43.1 Å². The minimum Gasteiger partial charge on any atom is -0.497 e. The van der Waals surface area contributed by atoms with Crippen LogP contribution in [0.15, 0.2) is 24.3 Å². The van der Waals surface area contributed by atoms with Gasteiger partial charge in [0.1, 0.15) is 36.7 Å².